The number of rotatable bonds is 6. The van der Waals surface area contributed by atoms with Crippen LogP contribution < -0.4 is 19.8 Å². The van der Waals surface area contributed by atoms with Crippen LogP contribution in [0.15, 0.2) is 46.3 Å². The van der Waals surface area contributed by atoms with Crippen molar-refractivity contribution in [1.29, 1.82) is 0 Å². The van der Waals surface area contributed by atoms with E-state index in [1.165, 1.54) is 9.56 Å². The van der Waals surface area contributed by atoms with Crippen LogP contribution in [-0.2, 0) is 13.1 Å². The van der Waals surface area contributed by atoms with Gasteiger partial charge in [-0.3, -0.25) is 0 Å². The van der Waals surface area contributed by atoms with Crippen molar-refractivity contribution in [2.45, 2.75) is 13.1 Å². The fraction of sp³-hybridized carbons (Fsp3) is 0.200. The molecule has 0 aliphatic heterocycles. The highest BCUT2D eigenvalue weighted by atomic mass is 32.1. The summed E-state index contributed by atoms with van der Waals surface area (Å²) in [5.74, 6) is 0.307. The lowest BCUT2D eigenvalue weighted by Gasteiger charge is -2.02. The van der Waals surface area contributed by atoms with Crippen LogP contribution in [0.2, 0.25) is 0 Å². The summed E-state index contributed by atoms with van der Waals surface area (Å²) < 4.78 is 11.4. The highest BCUT2D eigenvalue weighted by Gasteiger charge is 2.19. The summed E-state index contributed by atoms with van der Waals surface area (Å²) in [7, 11) is 1.61. The van der Waals surface area contributed by atoms with E-state index in [0.717, 1.165) is 11.4 Å². The SMILES string of the molecule is COc1ccc(-[n+]2noc([O-])c2CNCc2cccs2)cc1. The van der Waals surface area contributed by atoms with Crippen molar-refractivity contribution in [3.8, 4) is 17.4 Å². The van der Waals surface area contributed by atoms with Crippen molar-refractivity contribution in [2.24, 2.45) is 0 Å². The summed E-state index contributed by atoms with van der Waals surface area (Å²) in [5, 5.41) is 20.9. The van der Waals surface area contributed by atoms with Gasteiger partial charge in [-0.2, -0.15) is 0 Å². The molecule has 1 N–H and O–H groups in total. The lowest BCUT2D eigenvalue weighted by molar-refractivity contribution is -0.677. The largest absolute Gasteiger partial charge is 0.539 e. The molecular formula is C15H15N3O3S. The maximum atomic E-state index is 11.8. The minimum Gasteiger partial charge on any atom is -0.539 e. The smallest absolute Gasteiger partial charge is 0.253 e. The molecule has 0 radical (unpaired) electrons. The van der Waals surface area contributed by atoms with Crippen molar-refractivity contribution in [1.82, 2.24) is 10.6 Å². The van der Waals surface area contributed by atoms with E-state index in [0.29, 0.717) is 18.8 Å². The van der Waals surface area contributed by atoms with E-state index < -0.39 is 5.95 Å². The average molecular weight is 317 g/mol. The molecule has 0 unspecified atom stereocenters. The van der Waals surface area contributed by atoms with Gasteiger partial charge in [0, 0.05) is 23.6 Å². The zero-order chi connectivity index (χ0) is 15.4. The van der Waals surface area contributed by atoms with Crippen LogP contribution >= 0.6 is 11.3 Å². The molecule has 7 heteroatoms. The first-order valence-corrected chi connectivity index (χ1v) is 7.61. The van der Waals surface area contributed by atoms with Crippen molar-refractivity contribution < 1.29 is 19.0 Å². The maximum Gasteiger partial charge on any atom is 0.253 e. The summed E-state index contributed by atoms with van der Waals surface area (Å²) in [6.07, 6.45) is 0. The van der Waals surface area contributed by atoms with Gasteiger partial charge in [-0.05, 0) is 28.3 Å². The first-order valence-electron chi connectivity index (χ1n) is 6.73. The Labute approximate surface area is 131 Å². The Bertz CT molecular complexity index is 723. The third kappa shape index (κ3) is 3.10. The lowest BCUT2D eigenvalue weighted by Crippen LogP contribution is -2.38. The predicted octanol–water partition coefficient (Wildman–Crippen LogP) is 1.38. The Hall–Kier alpha value is -2.38. The van der Waals surface area contributed by atoms with Gasteiger partial charge in [-0.15, -0.1) is 11.3 Å². The van der Waals surface area contributed by atoms with Crippen LogP contribution in [0.3, 0.4) is 0 Å². The standard InChI is InChI=1S/C15H15N3O3S/c1-20-12-6-4-11(5-7-12)18-14(15(19)21-17-18)10-16-9-13-3-2-8-22-13/h2-8,16H,9-10H2,1H3. The summed E-state index contributed by atoms with van der Waals surface area (Å²) >= 11 is 1.67. The van der Waals surface area contributed by atoms with Gasteiger partial charge in [-0.1, -0.05) is 6.07 Å². The molecule has 0 aliphatic carbocycles. The molecule has 114 valence electrons. The van der Waals surface area contributed by atoms with Crippen LogP contribution in [0.5, 0.6) is 11.7 Å². The molecule has 0 aliphatic rings. The molecule has 3 rings (SSSR count). The summed E-state index contributed by atoms with van der Waals surface area (Å²) in [4.78, 5) is 1.21. The molecule has 0 amide bonds. The highest BCUT2D eigenvalue weighted by Crippen LogP contribution is 2.14. The topological polar surface area (TPSA) is 74.2 Å². The van der Waals surface area contributed by atoms with Gasteiger partial charge >= 0.3 is 0 Å². The molecule has 2 aromatic heterocycles. The first-order chi connectivity index (χ1) is 10.8. The van der Waals surface area contributed by atoms with Crippen LogP contribution in [-0.4, -0.2) is 12.4 Å². The Kier molecular flexibility index (Phi) is 4.36. The number of benzene rings is 1. The van der Waals surface area contributed by atoms with E-state index in [1.54, 1.807) is 18.4 Å². The molecule has 3 aromatic rings. The summed E-state index contributed by atoms with van der Waals surface area (Å²) in [6.45, 7) is 1.08. The number of hydrogen-bond donors (Lipinski definition) is 1. The number of hydrogen-bond acceptors (Lipinski definition) is 6. The first kappa shape index (κ1) is 14.6. The number of ether oxygens (including phenoxy) is 1. The van der Waals surface area contributed by atoms with Gasteiger partial charge in [0.25, 0.3) is 5.69 Å². The van der Waals surface area contributed by atoms with E-state index in [4.69, 9.17) is 9.26 Å². The average Bonchev–Trinajstić information content (AvgIpc) is 3.18. The van der Waals surface area contributed by atoms with Gasteiger partial charge in [0.15, 0.2) is 5.95 Å². The molecule has 0 fully saturated rings. The zero-order valence-corrected chi connectivity index (χ0v) is 12.8. The normalized spacial score (nSPS) is 10.8. The highest BCUT2D eigenvalue weighted by molar-refractivity contribution is 7.09. The summed E-state index contributed by atoms with van der Waals surface area (Å²) in [5.41, 5.74) is 1.21. The second-order valence-corrected chi connectivity index (χ2v) is 5.63. The molecule has 2 heterocycles. The second kappa shape index (κ2) is 6.59. The number of methoxy groups -OCH3 is 1. The molecule has 0 spiro atoms. The molecule has 22 heavy (non-hydrogen) atoms. The fourth-order valence-electron chi connectivity index (χ4n) is 2.06. The van der Waals surface area contributed by atoms with Gasteiger partial charge in [0.2, 0.25) is 5.69 Å². The van der Waals surface area contributed by atoms with Gasteiger partial charge in [0.05, 0.1) is 18.9 Å². The predicted molar refractivity (Wildman–Crippen MR) is 78.9 cm³/mol. The Morgan fingerprint density at radius 2 is 2.09 bits per heavy atom. The Balaban J connectivity index is 1.74. The van der Waals surface area contributed by atoms with Crippen LogP contribution in [0, 0.1) is 0 Å². The third-order valence-electron chi connectivity index (χ3n) is 3.19. The molecule has 1 aromatic carbocycles. The summed E-state index contributed by atoms with van der Waals surface area (Å²) in [6, 6.07) is 11.3. The van der Waals surface area contributed by atoms with Gasteiger partial charge < -0.3 is 19.7 Å². The van der Waals surface area contributed by atoms with E-state index in [2.05, 4.69) is 10.6 Å². The molecule has 0 saturated heterocycles. The zero-order valence-electron chi connectivity index (χ0n) is 12.0. The van der Waals surface area contributed by atoms with Gasteiger partial charge in [0.1, 0.15) is 5.75 Å². The minimum absolute atomic E-state index is 0.381. The number of thiophene rings is 1. The fourth-order valence-corrected chi connectivity index (χ4v) is 2.73. The molecule has 6 nitrogen and oxygen atoms in total. The minimum atomic E-state index is -0.436. The van der Waals surface area contributed by atoms with Crippen molar-refractivity contribution in [3.05, 3.63) is 52.3 Å². The van der Waals surface area contributed by atoms with E-state index in [-0.39, 0.29) is 0 Å². The quantitative estimate of drug-likeness (QED) is 0.695. The monoisotopic (exact) mass is 317 g/mol. The Morgan fingerprint density at radius 1 is 1.27 bits per heavy atom. The van der Waals surface area contributed by atoms with Crippen LogP contribution in [0.25, 0.3) is 5.69 Å². The van der Waals surface area contributed by atoms with Crippen LogP contribution in [0.1, 0.15) is 10.6 Å². The second-order valence-electron chi connectivity index (χ2n) is 4.60. The van der Waals surface area contributed by atoms with E-state index in [1.807, 2.05) is 41.8 Å². The van der Waals surface area contributed by atoms with Gasteiger partial charge in [-0.25, -0.2) is 0 Å². The van der Waals surface area contributed by atoms with E-state index >= 15 is 0 Å². The number of nitrogens with zero attached hydrogens (tertiary/aromatic N) is 2. The van der Waals surface area contributed by atoms with E-state index in [9.17, 15) is 5.11 Å². The molecule has 0 atom stereocenters. The van der Waals surface area contributed by atoms with Crippen molar-refractivity contribution >= 4 is 11.3 Å². The third-order valence-corrected chi connectivity index (χ3v) is 4.06. The maximum absolute atomic E-state index is 11.8. The molecule has 0 bridgehead atoms. The lowest BCUT2D eigenvalue weighted by atomic mass is 10.3. The Morgan fingerprint density at radius 3 is 2.77 bits per heavy atom. The number of aromatic nitrogens is 2. The molecule has 0 saturated carbocycles. The van der Waals surface area contributed by atoms with Crippen molar-refractivity contribution in [2.75, 3.05) is 7.11 Å². The van der Waals surface area contributed by atoms with Crippen molar-refractivity contribution in [3.63, 3.8) is 0 Å². The molecular weight excluding hydrogens is 302 g/mol. The van der Waals surface area contributed by atoms with Crippen LogP contribution in [0.4, 0.5) is 0 Å². The number of nitrogens with one attached hydrogen (secondary N) is 1.